The van der Waals surface area contributed by atoms with Crippen molar-refractivity contribution >= 4 is 17.7 Å². The summed E-state index contributed by atoms with van der Waals surface area (Å²) >= 11 is 0. The number of ether oxygens (including phenoxy) is 1. The van der Waals surface area contributed by atoms with E-state index in [0.717, 1.165) is 5.56 Å². The number of carbonyl (C=O) groups excluding carboxylic acids is 1. The highest BCUT2D eigenvalue weighted by Crippen LogP contribution is 2.45. The fourth-order valence-corrected chi connectivity index (χ4v) is 4.53. The number of likely N-dealkylation sites (tertiary alicyclic amines) is 1. The summed E-state index contributed by atoms with van der Waals surface area (Å²) in [6, 6.07) is 11.0. The van der Waals surface area contributed by atoms with Crippen molar-refractivity contribution in [3.05, 3.63) is 59.5 Å². The van der Waals surface area contributed by atoms with Gasteiger partial charge in [0.2, 0.25) is 5.91 Å². The number of carboxylic acids is 1. The van der Waals surface area contributed by atoms with Gasteiger partial charge >= 0.3 is 5.97 Å². The summed E-state index contributed by atoms with van der Waals surface area (Å²) in [6.45, 7) is 1.79. The largest absolute Gasteiger partial charge is 0.477 e. The summed E-state index contributed by atoms with van der Waals surface area (Å²) in [7, 11) is 1.48. The maximum atomic E-state index is 13.9. The lowest BCUT2D eigenvalue weighted by atomic mass is 9.89. The first-order valence-electron chi connectivity index (χ1n) is 9.47. The number of amides is 1. The zero-order valence-corrected chi connectivity index (χ0v) is 16.0. The number of carboxylic acid groups (broad SMARTS) is 1. The molecule has 0 unspecified atom stereocenters. The zero-order valence-electron chi connectivity index (χ0n) is 16.0. The number of hydrogen-bond donors (Lipinski definition) is 1. The lowest BCUT2D eigenvalue weighted by Gasteiger charge is -2.30. The number of fused-ring (bicyclic) bond motifs is 1. The molecule has 3 atom stereocenters. The molecule has 4 rings (SSSR count). The van der Waals surface area contributed by atoms with Crippen molar-refractivity contribution in [3.8, 4) is 0 Å². The normalized spacial score (nSPS) is 23.3. The maximum absolute atomic E-state index is 13.9. The Balaban J connectivity index is 1.63. The van der Waals surface area contributed by atoms with E-state index >= 15 is 0 Å². The number of hydrogen-bond acceptors (Lipinski definition) is 5. The molecule has 2 aliphatic heterocycles. The van der Waals surface area contributed by atoms with Crippen molar-refractivity contribution in [3.63, 3.8) is 0 Å². The van der Waals surface area contributed by atoms with Crippen LogP contribution in [0, 0.1) is 17.7 Å². The van der Waals surface area contributed by atoms with Crippen LogP contribution in [0.25, 0.3) is 0 Å². The van der Waals surface area contributed by atoms with Crippen LogP contribution in [0.15, 0.2) is 42.5 Å². The predicted octanol–water partition coefficient (Wildman–Crippen LogP) is 2.20. The standard InChI is InChI=1S/C21H22FN3O4/c1-29-12-19(26)25-10-14-9-24(18-7-3-6-17(23-18)21(27)28)11-16(14)20(25)13-4-2-5-15(22)8-13/h2-8,14,16,20H,9-12H2,1H3,(H,27,28)/t14-,16-,20+/m1/s1. The molecule has 3 heterocycles. The lowest BCUT2D eigenvalue weighted by Crippen LogP contribution is -2.37. The Morgan fingerprint density at radius 1 is 1.21 bits per heavy atom. The number of anilines is 1. The number of carbonyl (C=O) groups is 2. The second kappa shape index (κ2) is 7.79. The SMILES string of the molecule is COCC(=O)N1C[C@H]2CN(c3cccc(C(=O)O)n3)C[C@H]2[C@@H]1c1cccc(F)c1. The van der Waals surface area contributed by atoms with Crippen LogP contribution in [0.5, 0.6) is 0 Å². The molecular weight excluding hydrogens is 377 g/mol. The molecule has 1 aromatic carbocycles. The third-order valence-electron chi connectivity index (χ3n) is 5.72. The number of nitrogens with zero attached hydrogens (tertiary/aromatic N) is 3. The molecule has 0 spiro atoms. The molecule has 29 heavy (non-hydrogen) atoms. The average Bonchev–Trinajstić information content (AvgIpc) is 3.26. The van der Waals surface area contributed by atoms with Crippen molar-refractivity contribution < 1.29 is 23.8 Å². The van der Waals surface area contributed by atoms with Crippen LogP contribution in [-0.2, 0) is 9.53 Å². The minimum Gasteiger partial charge on any atom is -0.477 e. The second-order valence-corrected chi connectivity index (χ2v) is 7.49. The highest BCUT2D eigenvalue weighted by Gasteiger charge is 2.49. The van der Waals surface area contributed by atoms with Crippen LogP contribution in [-0.4, -0.2) is 60.2 Å². The minimum absolute atomic E-state index is 0.00172. The van der Waals surface area contributed by atoms with Crippen LogP contribution in [0.3, 0.4) is 0 Å². The maximum Gasteiger partial charge on any atom is 0.354 e. The topological polar surface area (TPSA) is 83.0 Å². The molecular formula is C21H22FN3O4. The zero-order chi connectivity index (χ0) is 20.5. The van der Waals surface area contributed by atoms with E-state index in [0.29, 0.717) is 25.5 Å². The predicted molar refractivity (Wildman–Crippen MR) is 103 cm³/mol. The van der Waals surface area contributed by atoms with Gasteiger partial charge in [0, 0.05) is 38.6 Å². The van der Waals surface area contributed by atoms with Crippen molar-refractivity contribution in [2.45, 2.75) is 6.04 Å². The molecule has 1 N–H and O–H groups in total. The number of methoxy groups -OCH3 is 1. The number of rotatable bonds is 5. The van der Waals surface area contributed by atoms with E-state index in [1.165, 1.54) is 25.3 Å². The fourth-order valence-electron chi connectivity index (χ4n) is 4.53. The molecule has 0 aliphatic carbocycles. The monoisotopic (exact) mass is 399 g/mol. The van der Waals surface area contributed by atoms with Gasteiger partial charge in [-0.15, -0.1) is 0 Å². The van der Waals surface area contributed by atoms with Gasteiger partial charge < -0.3 is 19.6 Å². The first kappa shape index (κ1) is 19.3. The van der Waals surface area contributed by atoms with E-state index in [9.17, 15) is 19.1 Å². The molecule has 2 fully saturated rings. The number of aromatic carboxylic acids is 1. The Morgan fingerprint density at radius 3 is 2.72 bits per heavy atom. The van der Waals surface area contributed by atoms with Gasteiger partial charge in [0.15, 0.2) is 5.69 Å². The van der Waals surface area contributed by atoms with Crippen molar-refractivity contribution in [1.29, 1.82) is 0 Å². The van der Waals surface area contributed by atoms with Crippen LogP contribution < -0.4 is 4.90 Å². The van der Waals surface area contributed by atoms with E-state index in [1.807, 2.05) is 11.0 Å². The fraction of sp³-hybridized carbons (Fsp3) is 0.381. The molecule has 0 saturated carbocycles. The van der Waals surface area contributed by atoms with Gasteiger partial charge in [0.1, 0.15) is 18.2 Å². The third-order valence-corrected chi connectivity index (χ3v) is 5.72. The molecule has 8 heteroatoms. The Bertz CT molecular complexity index is 938. The Kier molecular flexibility index (Phi) is 5.19. The van der Waals surface area contributed by atoms with Crippen molar-refractivity contribution in [2.75, 3.05) is 38.3 Å². The van der Waals surface area contributed by atoms with Gasteiger partial charge in [-0.05, 0) is 29.8 Å². The summed E-state index contributed by atoms with van der Waals surface area (Å²) in [5.41, 5.74) is 0.759. The summed E-state index contributed by atoms with van der Waals surface area (Å²) in [5.74, 6) is -0.649. The lowest BCUT2D eigenvalue weighted by molar-refractivity contribution is -0.136. The quantitative estimate of drug-likeness (QED) is 0.830. The van der Waals surface area contributed by atoms with E-state index in [-0.39, 0.29) is 41.9 Å². The first-order valence-corrected chi connectivity index (χ1v) is 9.47. The molecule has 1 aromatic heterocycles. The van der Waals surface area contributed by atoms with Crippen molar-refractivity contribution in [2.24, 2.45) is 11.8 Å². The first-order chi connectivity index (χ1) is 14.0. The summed E-state index contributed by atoms with van der Waals surface area (Å²) < 4.78 is 18.9. The van der Waals surface area contributed by atoms with Gasteiger partial charge in [-0.25, -0.2) is 14.2 Å². The summed E-state index contributed by atoms with van der Waals surface area (Å²) in [6.07, 6.45) is 0. The number of pyridine rings is 1. The molecule has 0 radical (unpaired) electrons. The molecule has 2 saturated heterocycles. The van der Waals surface area contributed by atoms with E-state index in [2.05, 4.69) is 4.98 Å². The molecule has 0 bridgehead atoms. The second-order valence-electron chi connectivity index (χ2n) is 7.49. The Labute approximate surface area is 167 Å². The van der Waals surface area contributed by atoms with Gasteiger partial charge in [-0.1, -0.05) is 18.2 Å². The minimum atomic E-state index is -1.07. The molecule has 2 aliphatic rings. The summed E-state index contributed by atoms with van der Waals surface area (Å²) in [4.78, 5) is 31.9. The third kappa shape index (κ3) is 3.67. The van der Waals surface area contributed by atoms with Crippen LogP contribution in [0.1, 0.15) is 22.1 Å². The van der Waals surface area contributed by atoms with Gasteiger partial charge in [0.25, 0.3) is 0 Å². The van der Waals surface area contributed by atoms with Crippen LogP contribution >= 0.6 is 0 Å². The highest BCUT2D eigenvalue weighted by molar-refractivity contribution is 5.85. The molecule has 2 aromatic rings. The average molecular weight is 399 g/mol. The molecule has 1 amide bonds. The Hall–Kier alpha value is -3.00. The smallest absolute Gasteiger partial charge is 0.354 e. The van der Waals surface area contributed by atoms with E-state index < -0.39 is 5.97 Å². The highest BCUT2D eigenvalue weighted by atomic mass is 19.1. The van der Waals surface area contributed by atoms with Crippen molar-refractivity contribution in [1.82, 2.24) is 9.88 Å². The van der Waals surface area contributed by atoms with Gasteiger partial charge in [-0.3, -0.25) is 4.79 Å². The van der Waals surface area contributed by atoms with Crippen LogP contribution in [0.2, 0.25) is 0 Å². The van der Waals surface area contributed by atoms with Crippen LogP contribution in [0.4, 0.5) is 10.2 Å². The summed E-state index contributed by atoms with van der Waals surface area (Å²) in [5, 5.41) is 9.20. The number of aromatic nitrogens is 1. The number of halogens is 1. The van der Waals surface area contributed by atoms with Gasteiger partial charge in [0.05, 0.1) is 6.04 Å². The van der Waals surface area contributed by atoms with E-state index in [1.54, 1.807) is 23.1 Å². The van der Waals surface area contributed by atoms with Gasteiger partial charge in [-0.2, -0.15) is 0 Å². The molecule has 7 nitrogen and oxygen atoms in total. The Morgan fingerprint density at radius 2 is 2.00 bits per heavy atom. The number of benzene rings is 1. The molecule has 152 valence electrons. The van der Waals surface area contributed by atoms with E-state index in [4.69, 9.17) is 4.74 Å².